The molecule has 20 heavy (non-hydrogen) atoms. The molecule has 1 aliphatic rings. The fourth-order valence-electron chi connectivity index (χ4n) is 2.58. The van der Waals surface area contributed by atoms with Crippen molar-refractivity contribution in [3.63, 3.8) is 0 Å². The lowest BCUT2D eigenvalue weighted by Gasteiger charge is -2.12. The second-order valence-corrected chi connectivity index (χ2v) is 6.16. The predicted octanol–water partition coefficient (Wildman–Crippen LogP) is 4.46. The maximum absolute atomic E-state index is 12.4. The lowest BCUT2D eigenvalue weighted by Crippen LogP contribution is -2.23. The van der Waals surface area contributed by atoms with Gasteiger partial charge in [0.2, 0.25) is 5.91 Å². The third-order valence-corrected chi connectivity index (χ3v) is 5.03. The highest BCUT2D eigenvalue weighted by molar-refractivity contribution is 9.10. The van der Waals surface area contributed by atoms with E-state index in [0.29, 0.717) is 5.02 Å². The minimum Gasteiger partial charge on any atom is -0.325 e. The van der Waals surface area contributed by atoms with Crippen LogP contribution >= 0.6 is 27.5 Å². The number of anilines is 1. The Hall–Kier alpha value is -1.32. The van der Waals surface area contributed by atoms with E-state index in [0.717, 1.165) is 23.0 Å². The number of amides is 1. The minimum absolute atomic E-state index is 0.00159. The van der Waals surface area contributed by atoms with Crippen molar-refractivity contribution < 1.29 is 4.79 Å². The second-order valence-electron chi connectivity index (χ2n) is 4.96. The molecule has 0 unspecified atom stereocenters. The first-order valence-corrected chi connectivity index (χ1v) is 7.64. The molecule has 0 bridgehead atoms. The van der Waals surface area contributed by atoms with Gasteiger partial charge in [0.25, 0.3) is 0 Å². The van der Waals surface area contributed by atoms with Crippen molar-refractivity contribution in [1.82, 2.24) is 0 Å². The number of benzene rings is 2. The van der Waals surface area contributed by atoms with Crippen LogP contribution in [0.1, 0.15) is 11.1 Å². The zero-order valence-electron chi connectivity index (χ0n) is 10.7. The van der Waals surface area contributed by atoms with Crippen LogP contribution in [0.15, 0.2) is 46.9 Å². The van der Waals surface area contributed by atoms with Gasteiger partial charge in [0.1, 0.15) is 0 Å². The molecule has 0 fully saturated rings. The van der Waals surface area contributed by atoms with Crippen molar-refractivity contribution in [2.45, 2.75) is 12.8 Å². The van der Waals surface area contributed by atoms with E-state index < -0.39 is 0 Å². The molecule has 0 spiro atoms. The van der Waals surface area contributed by atoms with E-state index in [-0.39, 0.29) is 11.8 Å². The minimum atomic E-state index is -0.00159. The number of halogens is 2. The first kappa shape index (κ1) is 13.7. The molecule has 2 aromatic carbocycles. The summed E-state index contributed by atoms with van der Waals surface area (Å²) in [5.74, 6) is 0.0439. The molecule has 0 saturated carbocycles. The summed E-state index contributed by atoms with van der Waals surface area (Å²) in [4.78, 5) is 12.4. The standard InChI is InChI=1S/C16H13BrClNO/c17-15-13(18)6-3-7-14(15)19-16(20)12-8-10-4-1-2-5-11(10)9-12/h1-7,12H,8-9H2,(H,19,20). The summed E-state index contributed by atoms with van der Waals surface area (Å²) in [6.45, 7) is 0. The maximum Gasteiger partial charge on any atom is 0.228 e. The summed E-state index contributed by atoms with van der Waals surface area (Å²) in [7, 11) is 0. The summed E-state index contributed by atoms with van der Waals surface area (Å²) in [6.07, 6.45) is 1.61. The Kier molecular flexibility index (Phi) is 3.81. The lowest BCUT2D eigenvalue weighted by molar-refractivity contribution is -0.119. The van der Waals surface area contributed by atoms with Crippen molar-refractivity contribution in [3.05, 3.63) is 63.1 Å². The normalized spacial score (nSPS) is 14.1. The highest BCUT2D eigenvalue weighted by Gasteiger charge is 2.27. The average Bonchev–Trinajstić information content (AvgIpc) is 2.88. The van der Waals surface area contributed by atoms with E-state index in [4.69, 9.17) is 11.6 Å². The van der Waals surface area contributed by atoms with Crippen molar-refractivity contribution >= 4 is 39.1 Å². The van der Waals surface area contributed by atoms with Crippen LogP contribution in [0, 0.1) is 5.92 Å². The van der Waals surface area contributed by atoms with Crippen LogP contribution in [0.4, 0.5) is 5.69 Å². The van der Waals surface area contributed by atoms with E-state index >= 15 is 0 Å². The van der Waals surface area contributed by atoms with E-state index in [1.807, 2.05) is 24.3 Å². The van der Waals surface area contributed by atoms with Gasteiger partial charge in [-0.05, 0) is 52.0 Å². The first-order chi connectivity index (χ1) is 9.65. The Morgan fingerprint density at radius 1 is 1.10 bits per heavy atom. The van der Waals surface area contributed by atoms with Crippen LogP contribution in [0.2, 0.25) is 5.02 Å². The van der Waals surface area contributed by atoms with Gasteiger partial charge in [-0.3, -0.25) is 4.79 Å². The molecule has 1 amide bonds. The molecule has 0 heterocycles. The summed E-state index contributed by atoms with van der Waals surface area (Å²) in [5.41, 5.74) is 3.27. The van der Waals surface area contributed by atoms with Gasteiger partial charge in [0.05, 0.1) is 15.2 Å². The fourth-order valence-corrected chi connectivity index (χ4v) is 3.12. The van der Waals surface area contributed by atoms with E-state index in [9.17, 15) is 4.79 Å². The molecule has 0 radical (unpaired) electrons. The van der Waals surface area contributed by atoms with Gasteiger partial charge < -0.3 is 5.32 Å². The molecule has 0 atom stereocenters. The Bertz CT molecular complexity index is 646. The summed E-state index contributed by atoms with van der Waals surface area (Å²) in [6, 6.07) is 13.7. The molecule has 1 N–H and O–H groups in total. The van der Waals surface area contributed by atoms with Crippen LogP contribution < -0.4 is 5.32 Å². The molecule has 4 heteroatoms. The highest BCUT2D eigenvalue weighted by Crippen LogP contribution is 2.32. The molecular formula is C16H13BrClNO. The topological polar surface area (TPSA) is 29.1 Å². The smallest absolute Gasteiger partial charge is 0.228 e. The van der Waals surface area contributed by atoms with E-state index in [2.05, 4.69) is 33.4 Å². The van der Waals surface area contributed by atoms with Gasteiger partial charge in [-0.2, -0.15) is 0 Å². The molecule has 102 valence electrons. The van der Waals surface area contributed by atoms with Gasteiger partial charge >= 0.3 is 0 Å². The Morgan fingerprint density at radius 3 is 2.40 bits per heavy atom. The SMILES string of the molecule is O=C(Nc1cccc(Cl)c1Br)C1Cc2ccccc2C1. The van der Waals surface area contributed by atoms with Crippen molar-refractivity contribution in [2.75, 3.05) is 5.32 Å². The number of carbonyl (C=O) groups is 1. The zero-order chi connectivity index (χ0) is 14.1. The van der Waals surface area contributed by atoms with Gasteiger partial charge in [-0.15, -0.1) is 0 Å². The summed E-state index contributed by atoms with van der Waals surface area (Å²) >= 11 is 9.43. The van der Waals surface area contributed by atoms with Gasteiger partial charge in [-0.1, -0.05) is 41.9 Å². The van der Waals surface area contributed by atoms with Crippen molar-refractivity contribution in [3.8, 4) is 0 Å². The molecule has 2 nitrogen and oxygen atoms in total. The van der Waals surface area contributed by atoms with Crippen molar-refractivity contribution in [2.24, 2.45) is 5.92 Å². The lowest BCUT2D eigenvalue weighted by atomic mass is 10.1. The van der Waals surface area contributed by atoms with Gasteiger partial charge in [0, 0.05) is 5.92 Å². The zero-order valence-corrected chi connectivity index (χ0v) is 13.0. The molecule has 3 rings (SSSR count). The largest absolute Gasteiger partial charge is 0.325 e. The van der Waals surface area contributed by atoms with Gasteiger partial charge in [0.15, 0.2) is 0 Å². The highest BCUT2D eigenvalue weighted by atomic mass is 79.9. The predicted molar refractivity (Wildman–Crippen MR) is 85.1 cm³/mol. The summed E-state index contributed by atoms with van der Waals surface area (Å²) < 4.78 is 0.727. The second kappa shape index (κ2) is 5.58. The fraction of sp³-hybridized carbons (Fsp3) is 0.188. The van der Waals surface area contributed by atoms with E-state index in [1.54, 1.807) is 6.07 Å². The first-order valence-electron chi connectivity index (χ1n) is 6.47. The van der Waals surface area contributed by atoms with Crippen LogP contribution in [0.25, 0.3) is 0 Å². The quantitative estimate of drug-likeness (QED) is 0.851. The van der Waals surface area contributed by atoms with Gasteiger partial charge in [-0.25, -0.2) is 0 Å². The number of hydrogen-bond donors (Lipinski definition) is 1. The molecular weight excluding hydrogens is 338 g/mol. The van der Waals surface area contributed by atoms with Crippen LogP contribution in [0.5, 0.6) is 0 Å². The Labute approximate surface area is 131 Å². The number of hydrogen-bond acceptors (Lipinski definition) is 1. The molecule has 1 aliphatic carbocycles. The Morgan fingerprint density at radius 2 is 1.75 bits per heavy atom. The number of fused-ring (bicyclic) bond motifs is 1. The number of rotatable bonds is 2. The molecule has 0 aromatic heterocycles. The molecule has 0 saturated heterocycles. The van der Waals surface area contributed by atoms with Crippen LogP contribution in [-0.4, -0.2) is 5.91 Å². The molecule has 0 aliphatic heterocycles. The Balaban J connectivity index is 1.74. The average molecular weight is 351 g/mol. The van der Waals surface area contributed by atoms with E-state index in [1.165, 1.54) is 11.1 Å². The summed E-state index contributed by atoms with van der Waals surface area (Å²) in [5, 5.41) is 3.55. The number of carbonyl (C=O) groups excluding carboxylic acids is 1. The molecule has 2 aromatic rings. The van der Waals surface area contributed by atoms with Crippen LogP contribution in [0.3, 0.4) is 0 Å². The number of nitrogens with one attached hydrogen (secondary N) is 1. The maximum atomic E-state index is 12.4. The third-order valence-electron chi connectivity index (χ3n) is 3.63. The van der Waals surface area contributed by atoms with Crippen LogP contribution in [-0.2, 0) is 17.6 Å². The van der Waals surface area contributed by atoms with Crippen molar-refractivity contribution in [1.29, 1.82) is 0 Å². The third kappa shape index (κ3) is 2.60. The monoisotopic (exact) mass is 349 g/mol.